The van der Waals surface area contributed by atoms with Crippen molar-refractivity contribution < 1.29 is 27.4 Å². The monoisotopic (exact) mass is 514 g/mol. The maximum Gasteiger partial charge on any atom is 0.416 e. The lowest BCUT2D eigenvalue weighted by Crippen LogP contribution is -2.41. The molecule has 0 amide bonds. The summed E-state index contributed by atoms with van der Waals surface area (Å²) in [4.78, 5) is 17.8. The van der Waals surface area contributed by atoms with Crippen molar-refractivity contribution in [2.24, 2.45) is 5.92 Å². The molecule has 3 rings (SSSR count). The number of nitrogens with zero attached hydrogens (tertiary/aromatic N) is 2. The summed E-state index contributed by atoms with van der Waals surface area (Å²) in [6.45, 7) is 3.48. The molecule has 2 aromatic carbocycles. The summed E-state index contributed by atoms with van der Waals surface area (Å²) in [5.41, 5.74) is -2.04. The molecule has 1 heterocycles. The molecule has 0 radical (unpaired) electrons. The van der Waals surface area contributed by atoms with Gasteiger partial charge in [0.05, 0.1) is 23.9 Å². The van der Waals surface area contributed by atoms with Crippen LogP contribution in [0, 0.1) is 17.2 Å². The molecular formula is C27H22ClF3N2O3. The first kappa shape index (κ1) is 26.8. The second kappa shape index (κ2) is 10.8. The summed E-state index contributed by atoms with van der Waals surface area (Å²) in [5.74, 6) is -0.551. The van der Waals surface area contributed by atoms with Crippen LogP contribution in [-0.4, -0.2) is 18.1 Å². The van der Waals surface area contributed by atoms with Gasteiger partial charge in [-0.1, -0.05) is 61.9 Å². The van der Waals surface area contributed by atoms with E-state index in [9.17, 15) is 23.2 Å². The summed E-state index contributed by atoms with van der Waals surface area (Å²) < 4.78 is 50.0. The first-order valence-corrected chi connectivity index (χ1v) is 11.2. The molecule has 1 aromatic heterocycles. The Morgan fingerprint density at radius 2 is 1.81 bits per heavy atom. The van der Waals surface area contributed by atoms with Crippen LogP contribution in [0.1, 0.15) is 36.2 Å². The summed E-state index contributed by atoms with van der Waals surface area (Å²) in [6, 6.07) is 16.8. The van der Waals surface area contributed by atoms with Gasteiger partial charge >= 0.3 is 12.1 Å². The van der Waals surface area contributed by atoms with E-state index in [1.54, 1.807) is 38.1 Å². The van der Waals surface area contributed by atoms with Gasteiger partial charge in [0.25, 0.3) is 0 Å². The van der Waals surface area contributed by atoms with Crippen molar-refractivity contribution >= 4 is 23.6 Å². The summed E-state index contributed by atoms with van der Waals surface area (Å²) in [6.07, 6.45) is -1.68. The van der Waals surface area contributed by atoms with E-state index in [4.69, 9.17) is 21.1 Å². The van der Waals surface area contributed by atoms with Crippen molar-refractivity contribution in [2.75, 3.05) is 7.11 Å². The second-order valence-corrected chi connectivity index (χ2v) is 8.56. The third kappa shape index (κ3) is 5.52. The zero-order valence-corrected chi connectivity index (χ0v) is 20.4. The molecule has 0 N–H and O–H groups in total. The Morgan fingerprint density at radius 3 is 2.36 bits per heavy atom. The van der Waals surface area contributed by atoms with Crippen LogP contribution < -0.4 is 4.74 Å². The Bertz CT molecular complexity index is 1320. The molecular weight excluding hydrogens is 493 g/mol. The minimum absolute atomic E-state index is 0.0829. The highest BCUT2D eigenvalue weighted by atomic mass is 35.5. The van der Waals surface area contributed by atoms with Crippen LogP contribution in [0.3, 0.4) is 0 Å². The van der Waals surface area contributed by atoms with Gasteiger partial charge in [0.1, 0.15) is 17.2 Å². The van der Waals surface area contributed by atoms with E-state index in [1.807, 2.05) is 12.1 Å². The SMILES string of the molecule is COC(=O)C(/C=C/c1ccc(C(F)(F)F)cc1Cl)(c1nc(Oc2ccccc2)ccc1C#N)C(C)C. The quantitative estimate of drug-likeness (QED) is 0.312. The highest BCUT2D eigenvalue weighted by Crippen LogP contribution is 2.39. The molecule has 0 aliphatic carbocycles. The number of esters is 1. The van der Waals surface area contributed by atoms with Gasteiger partial charge in [-0.2, -0.15) is 18.4 Å². The first-order chi connectivity index (χ1) is 17.0. The molecule has 36 heavy (non-hydrogen) atoms. The minimum Gasteiger partial charge on any atom is -0.468 e. The van der Waals surface area contributed by atoms with Gasteiger partial charge in [0, 0.05) is 11.1 Å². The molecule has 0 aliphatic heterocycles. The average molecular weight is 515 g/mol. The average Bonchev–Trinajstić information content (AvgIpc) is 2.85. The number of pyridine rings is 1. The number of hydrogen-bond donors (Lipinski definition) is 0. The summed E-state index contributed by atoms with van der Waals surface area (Å²) in [5, 5.41) is 9.65. The maximum absolute atomic E-state index is 13.3. The van der Waals surface area contributed by atoms with E-state index in [-0.39, 0.29) is 27.7 Å². The lowest BCUT2D eigenvalue weighted by Gasteiger charge is -2.32. The van der Waals surface area contributed by atoms with E-state index in [2.05, 4.69) is 4.98 Å². The summed E-state index contributed by atoms with van der Waals surface area (Å²) >= 11 is 6.12. The number of para-hydroxylation sites is 1. The van der Waals surface area contributed by atoms with E-state index >= 15 is 0 Å². The number of carbonyl (C=O) groups excluding carboxylic acids is 1. The molecule has 0 fully saturated rings. The summed E-state index contributed by atoms with van der Waals surface area (Å²) in [7, 11) is 1.20. The predicted molar refractivity (Wildman–Crippen MR) is 129 cm³/mol. The number of nitriles is 1. The van der Waals surface area contributed by atoms with Gasteiger partial charge in [0.2, 0.25) is 5.88 Å². The molecule has 0 spiro atoms. The van der Waals surface area contributed by atoms with Crippen LogP contribution in [-0.2, 0) is 21.1 Å². The van der Waals surface area contributed by atoms with E-state index in [0.29, 0.717) is 5.75 Å². The normalized spacial score (nSPS) is 13.3. The van der Waals surface area contributed by atoms with Crippen molar-refractivity contribution in [1.29, 1.82) is 5.26 Å². The number of benzene rings is 2. The van der Waals surface area contributed by atoms with E-state index in [1.165, 1.54) is 37.5 Å². The molecule has 0 bridgehead atoms. The third-order valence-electron chi connectivity index (χ3n) is 5.64. The Hall–Kier alpha value is -3.83. The van der Waals surface area contributed by atoms with Crippen LogP contribution in [0.25, 0.3) is 6.08 Å². The molecule has 0 saturated heterocycles. The maximum atomic E-state index is 13.3. The standard InChI is InChI=1S/C27H22ClF3N2O3/c1-17(2)26(25(34)35-3,14-13-18-9-11-20(15-22(18)28)27(29,30)31)24-19(16-32)10-12-23(33-24)36-21-7-5-4-6-8-21/h4-15,17H,1-3H3/b14-13+. The predicted octanol–water partition coefficient (Wildman–Crippen LogP) is 7.20. The van der Waals surface area contributed by atoms with Crippen LogP contribution in [0.5, 0.6) is 11.6 Å². The van der Waals surface area contributed by atoms with Gasteiger partial charge in [-0.25, -0.2) is 4.98 Å². The van der Waals surface area contributed by atoms with Crippen molar-refractivity contribution in [3.63, 3.8) is 0 Å². The fourth-order valence-corrected chi connectivity index (χ4v) is 3.93. The third-order valence-corrected chi connectivity index (χ3v) is 5.96. The van der Waals surface area contributed by atoms with Crippen molar-refractivity contribution in [3.8, 4) is 17.7 Å². The molecule has 0 aliphatic rings. The van der Waals surface area contributed by atoms with Crippen LogP contribution in [0.15, 0.2) is 66.7 Å². The Kier molecular flexibility index (Phi) is 8.06. The topological polar surface area (TPSA) is 72.2 Å². The van der Waals surface area contributed by atoms with Crippen LogP contribution in [0.2, 0.25) is 5.02 Å². The minimum atomic E-state index is -4.55. The molecule has 186 valence electrons. The van der Waals surface area contributed by atoms with Gasteiger partial charge < -0.3 is 9.47 Å². The number of ether oxygens (including phenoxy) is 2. The highest BCUT2D eigenvalue weighted by molar-refractivity contribution is 6.32. The lowest BCUT2D eigenvalue weighted by atomic mass is 9.72. The van der Waals surface area contributed by atoms with Gasteiger partial charge in [-0.05, 0) is 41.8 Å². The van der Waals surface area contributed by atoms with Crippen LogP contribution >= 0.6 is 11.6 Å². The number of alkyl halides is 3. The van der Waals surface area contributed by atoms with E-state index in [0.717, 1.165) is 12.1 Å². The fourth-order valence-electron chi connectivity index (χ4n) is 3.69. The fraction of sp³-hybridized carbons (Fsp3) is 0.222. The second-order valence-electron chi connectivity index (χ2n) is 8.16. The molecule has 5 nitrogen and oxygen atoms in total. The Balaban J connectivity index is 2.17. The molecule has 3 aromatic rings. The van der Waals surface area contributed by atoms with Crippen LogP contribution in [0.4, 0.5) is 13.2 Å². The Labute approximate surface area is 211 Å². The molecule has 1 unspecified atom stereocenters. The van der Waals surface area contributed by atoms with Crippen molar-refractivity contribution in [2.45, 2.75) is 25.4 Å². The zero-order chi connectivity index (χ0) is 26.5. The van der Waals surface area contributed by atoms with Crippen molar-refractivity contribution in [3.05, 3.63) is 94.1 Å². The number of carbonyl (C=O) groups is 1. The largest absolute Gasteiger partial charge is 0.468 e. The molecule has 1 atom stereocenters. The number of aromatic nitrogens is 1. The molecule has 0 saturated carbocycles. The number of halogens is 4. The van der Waals surface area contributed by atoms with Crippen molar-refractivity contribution in [1.82, 2.24) is 4.98 Å². The van der Waals surface area contributed by atoms with Gasteiger partial charge in [-0.15, -0.1) is 0 Å². The first-order valence-electron chi connectivity index (χ1n) is 10.8. The zero-order valence-electron chi connectivity index (χ0n) is 19.6. The number of rotatable bonds is 7. The van der Waals surface area contributed by atoms with E-state index < -0.39 is 29.0 Å². The smallest absolute Gasteiger partial charge is 0.416 e. The molecule has 9 heteroatoms. The highest BCUT2D eigenvalue weighted by Gasteiger charge is 2.46. The Morgan fingerprint density at radius 1 is 1.11 bits per heavy atom. The number of methoxy groups -OCH3 is 1. The lowest BCUT2D eigenvalue weighted by molar-refractivity contribution is -0.147. The number of hydrogen-bond acceptors (Lipinski definition) is 5. The van der Waals surface area contributed by atoms with Gasteiger partial charge in [-0.3, -0.25) is 4.79 Å². The van der Waals surface area contributed by atoms with Gasteiger partial charge in [0.15, 0.2) is 0 Å².